The van der Waals surface area contributed by atoms with Gasteiger partial charge < -0.3 is 15.2 Å². The summed E-state index contributed by atoms with van der Waals surface area (Å²) >= 11 is 1.58. The minimum absolute atomic E-state index is 0.0149. The molecule has 1 atom stereocenters. The van der Waals surface area contributed by atoms with Crippen molar-refractivity contribution in [2.45, 2.75) is 68.5 Å². The molecular weight excluding hydrogens is 432 g/mol. The number of benzene rings is 1. The van der Waals surface area contributed by atoms with E-state index in [0.717, 1.165) is 35.0 Å². The van der Waals surface area contributed by atoms with E-state index in [1.54, 1.807) is 18.0 Å². The molecule has 4 saturated carbocycles. The Morgan fingerprint density at radius 2 is 1.67 bits per heavy atom. The molecule has 0 radical (unpaired) electrons. The number of hydrogen-bond acceptors (Lipinski definition) is 4. The van der Waals surface area contributed by atoms with Crippen molar-refractivity contribution in [3.8, 4) is 0 Å². The van der Waals surface area contributed by atoms with Gasteiger partial charge in [-0.2, -0.15) is 0 Å². The zero-order chi connectivity index (χ0) is 23.2. The van der Waals surface area contributed by atoms with Crippen molar-refractivity contribution >= 4 is 29.3 Å². The molecule has 2 N–H and O–H groups in total. The lowest BCUT2D eigenvalue weighted by Crippen LogP contribution is -2.57. The zero-order valence-electron chi connectivity index (χ0n) is 19.7. The lowest BCUT2D eigenvalue weighted by Gasteiger charge is -2.55. The Labute approximate surface area is 200 Å². The molecule has 2 amide bonds. The second-order valence-electron chi connectivity index (χ2n) is 10.8. The number of hydrogen-bond donors (Lipinski definition) is 2. The number of nitrogens with zero attached hydrogens (tertiary/aromatic N) is 2. The standard InChI is InChI=1S/C26H34N4O2S/c1-16(2)22(29-24(32)26-13-17-10-18(14-26)12-19(11-17)15-26)23(31)28-20-4-6-21(7-5-20)33-25-27-8-9-30(25)3/h4-9,16-19,22H,10-15H2,1-3H3,(H,28,31)(H,29,32). The zero-order valence-corrected chi connectivity index (χ0v) is 20.5. The lowest BCUT2D eigenvalue weighted by molar-refractivity contribution is -0.148. The van der Waals surface area contributed by atoms with Gasteiger partial charge in [-0.05, 0) is 86.5 Å². The van der Waals surface area contributed by atoms with Crippen LogP contribution in [-0.2, 0) is 16.6 Å². The molecule has 6 nitrogen and oxygen atoms in total. The molecule has 4 bridgehead atoms. The minimum Gasteiger partial charge on any atom is -0.344 e. The van der Waals surface area contributed by atoms with Gasteiger partial charge in [-0.25, -0.2) is 4.98 Å². The first-order chi connectivity index (χ1) is 15.8. The fourth-order valence-electron chi connectivity index (χ4n) is 6.60. The second-order valence-corrected chi connectivity index (χ2v) is 11.9. The Bertz CT molecular complexity index is 994. The second kappa shape index (κ2) is 8.82. The maximum Gasteiger partial charge on any atom is 0.247 e. The van der Waals surface area contributed by atoms with E-state index in [2.05, 4.69) is 15.6 Å². The van der Waals surface area contributed by atoms with Gasteiger partial charge in [-0.3, -0.25) is 9.59 Å². The van der Waals surface area contributed by atoms with Crippen molar-refractivity contribution in [1.82, 2.24) is 14.9 Å². The highest BCUT2D eigenvalue weighted by atomic mass is 32.2. The first kappa shape index (κ1) is 22.5. The number of aromatic nitrogens is 2. The molecular formula is C26H34N4O2S. The summed E-state index contributed by atoms with van der Waals surface area (Å²) in [5, 5.41) is 7.11. The molecule has 2 aromatic rings. The van der Waals surface area contributed by atoms with Crippen molar-refractivity contribution < 1.29 is 9.59 Å². The molecule has 176 valence electrons. The Hall–Kier alpha value is -2.28. The van der Waals surface area contributed by atoms with Crippen LogP contribution in [0.3, 0.4) is 0 Å². The summed E-state index contributed by atoms with van der Waals surface area (Å²) in [6, 6.07) is 7.23. The Kier molecular flexibility index (Phi) is 6.02. The highest BCUT2D eigenvalue weighted by Gasteiger charge is 2.55. The van der Waals surface area contributed by atoms with Crippen LogP contribution in [0.2, 0.25) is 0 Å². The smallest absolute Gasteiger partial charge is 0.247 e. The van der Waals surface area contributed by atoms with Gasteiger partial charge in [0, 0.05) is 35.4 Å². The van der Waals surface area contributed by atoms with Crippen LogP contribution in [0.5, 0.6) is 0 Å². The van der Waals surface area contributed by atoms with Gasteiger partial charge in [0.2, 0.25) is 11.8 Å². The fourth-order valence-corrected chi connectivity index (χ4v) is 7.40. The molecule has 7 heteroatoms. The first-order valence-corrected chi connectivity index (χ1v) is 13.0. The summed E-state index contributed by atoms with van der Waals surface area (Å²) in [5.41, 5.74) is 0.491. The number of aryl methyl sites for hydroxylation is 1. The highest BCUT2D eigenvalue weighted by Crippen LogP contribution is 2.60. The van der Waals surface area contributed by atoms with E-state index in [1.165, 1.54) is 19.3 Å². The molecule has 4 fully saturated rings. The summed E-state index contributed by atoms with van der Waals surface area (Å²) in [6.07, 6.45) is 10.6. The Morgan fingerprint density at radius 1 is 1.06 bits per heavy atom. The van der Waals surface area contributed by atoms with Gasteiger partial charge in [0.25, 0.3) is 0 Å². The SMILES string of the molecule is CC(C)C(NC(=O)C12CC3CC(CC(C3)C1)C2)C(=O)Nc1ccc(Sc2nccn2C)cc1. The quantitative estimate of drug-likeness (QED) is 0.611. The number of nitrogens with one attached hydrogen (secondary N) is 2. The van der Waals surface area contributed by atoms with Crippen molar-refractivity contribution in [1.29, 1.82) is 0 Å². The van der Waals surface area contributed by atoms with E-state index in [1.807, 2.05) is 55.9 Å². The van der Waals surface area contributed by atoms with Gasteiger partial charge in [-0.15, -0.1) is 0 Å². The van der Waals surface area contributed by atoms with Gasteiger partial charge in [0.1, 0.15) is 6.04 Å². The van der Waals surface area contributed by atoms with E-state index in [-0.39, 0.29) is 23.1 Å². The monoisotopic (exact) mass is 466 g/mol. The van der Waals surface area contributed by atoms with E-state index < -0.39 is 6.04 Å². The van der Waals surface area contributed by atoms with E-state index >= 15 is 0 Å². The fraction of sp³-hybridized carbons (Fsp3) is 0.577. The molecule has 4 aliphatic carbocycles. The van der Waals surface area contributed by atoms with Gasteiger partial charge in [-0.1, -0.05) is 25.6 Å². The van der Waals surface area contributed by atoms with Crippen molar-refractivity contribution in [3.63, 3.8) is 0 Å². The summed E-state index contributed by atoms with van der Waals surface area (Å²) in [6.45, 7) is 3.99. The first-order valence-electron chi connectivity index (χ1n) is 12.2. The van der Waals surface area contributed by atoms with Crippen LogP contribution in [0, 0.1) is 29.1 Å². The van der Waals surface area contributed by atoms with E-state index in [0.29, 0.717) is 17.8 Å². The van der Waals surface area contributed by atoms with Crippen molar-refractivity contribution in [3.05, 3.63) is 36.7 Å². The van der Waals surface area contributed by atoms with Crippen LogP contribution in [0.15, 0.2) is 46.7 Å². The Balaban J connectivity index is 1.23. The molecule has 0 saturated heterocycles. The van der Waals surface area contributed by atoms with Crippen molar-refractivity contribution in [2.75, 3.05) is 5.32 Å². The largest absolute Gasteiger partial charge is 0.344 e. The normalized spacial score (nSPS) is 28.7. The van der Waals surface area contributed by atoms with Gasteiger partial charge in [0.15, 0.2) is 5.16 Å². The number of carbonyl (C=O) groups excluding carboxylic acids is 2. The molecule has 6 rings (SSSR count). The molecule has 4 aliphatic rings. The molecule has 0 aliphatic heterocycles. The number of imidazole rings is 1. The average Bonchev–Trinajstić information content (AvgIpc) is 3.16. The molecule has 0 spiro atoms. The molecule has 33 heavy (non-hydrogen) atoms. The van der Waals surface area contributed by atoms with Crippen LogP contribution in [0.1, 0.15) is 52.4 Å². The van der Waals surface area contributed by atoms with Crippen molar-refractivity contribution in [2.24, 2.45) is 36.1 Å². The summed E-state index contributed by atoms with van der Waals surface area (Å²) in [4.78, 5) is 32.0. The third-order valence-corrected chi connectivity index (χ3v) is 8.95. The van der Waals surface area contributed by atoms with Crippen LogP contribution in [0.4, 0.5) is 5.69 Å². The van der Waals surface area contributed by atoms with Crippen LogP contribution >= 0.6 is 11.8 Å². The van der Waals surface area contributed by atoms with E-state index in [9.17, 15) is 9.59 Å². The number of carbonyl (C=O) groups is 2. The number of amides is 2. The maximum absolute atomic E-state index is 13.5. The summed E-state index contributed by atoms with van der Waals surface area (Å²) in [5.74, 6) is 2.09. The summed E-state index contributed by atoms with van der Waals surface area (Å²) in [7, 11) is 1.97. The van der Waals surface area contributed by atoms with Crippen LogP contribution in [0.25, 0.3) is 0 Å². The number of rotatable bonds is 7. The maximum atomic E-state index is 13.5. The Morgan fingerprint density at radius 3 is 2.18 bits per heavy atom. The molecule has 1 heterocycles. The lowest BCUT2D eigenvalue weighted by atomic mass is 9.49. The van der Waals surface area contributed by atoms with Gasteiger partial charge >= 0.3 is 0 Å². The number of anilines is 1. The third-order valence-electron chi connectivity index (χ3n) is 7.86. The van der Waals surface area contributed by atoms with E-state index in [4.69, 9.17) is 0 Å². The summed E-state index contributed by atoms with van der Waals surface area (Å²) < 4.78 is 1.97. The predicted molar refractivity (Wildman–Crippen MR) is 130 cm³/mol. The molecule has 1 aromatic carbocycles. The van der Waals surface area contributed by atoms with Crippen LogP contribution < -0.4 is 10.6 Å². The molecule has 1 aromatic heterocycles. The predicted octanol–water partition coefficient (Wildman–Crippen LogP) is 4.87. The third kappa shape index (κ3) is 4.57. The molecule has 1 unspecified atom stereocenters. The average molecular weight is 467 g/mol. The topological polar surface area (TPSA) is 76.0 Å². The van der Waals surface area contributed by atoms with Gasteiger partial charge in [0.05, 0.1) is 0 Å². The highest BCUT2D eigenvalue weighted by molar-refractivity contribution is 7.99. The van der Waals surface area contributed by atoms with Crippen LogP contribution in [-0.4, -0.2) is 27.4 Å². The minimum atomic E-state index is -0.535.